The fourth-order valence-corrected chi connectivity index (χ4v) is 4.19. The van der Waals surface area contributed by atoms with Gasteiger partial charge in [0.1, 0.15) is 0 Å². The fraction of sp³-hybridized carbons (Fsp3) is 0.857. The van der Waals surface area contributed by atoms with E-state index in [0.29, 0.717) is 19.6 Å². The van der Waals surface area contributed by atoms with E-state index >= 15 is 0 Å². The minimum absolute atomic E-state index is 0.00345. The van der Waals surface area contributed by atoms with Crippen LogP contribution in [0.2, 0.25) is 0 Å². The third-order valence-electron chi connectivity index (χ3n) is 4.55. The molecule has 0 spiro atoms. The van der Waals surface area contributed by atoms with E-state index < -0.39 is 7.82 Å². The quantitative estimate of drug-likeness (QED) is 0.172. The molecule has 0 aliphatic heterocycles. The minimum Gasteiger partial charge on any atom is -0.379 e. The van der Waals surface area contributed by atoms with E-state index in [-0.39, 0.29) is 19.8 Å². The van der Waals surface area contributed by atoms with Crippen LogP contribution in [-0.4, -0.2) is 49.5 Å². The summed E-state index contributed by atoms with van der Waals surface area (Å²) >= 11 is 1.48. The first kappa shape index (κ1) is 27.7. The van der Waals surface area contributed by atoms with Crippen molar-refractivity contribution in [1.82, 2.24) is 4.98 Å². The van der Waals surface area contributed by atoms with Crippen LogP contribution in [0.25, 0.3) is 0 Å². The maximum absolute atomic E-state index is 11.7. The summed E-state index contributed by atoms with van der Waals surface area (Å²) in [5, 5.41) is 2.71. The van der Waals surface area contributed by atoms with Gasteiger partial charge in [0.05, 0.1) is 38.0 Å². The first-order valence-electron chi connectivity index (χ1n) is 11.3. The Hall–Kier alpha value is -0.340. The predicted octanol–water partition coefficient (Wildman–Crippen LogP) is 5.77. The van der Waals surface area contributed by atoms with Gasteiger partial charge in [0.15, 0.2) is 0 Å². The van der Waals surface area contributed by atoms with Crippen LogP contribution in [0.15, 0.2) is 11.6 Å². The fourth-order valence-electron chi connectivity index (χ4n) is 2.89. The third-order valence-corrected chi connectivity index (χ3v) is 6.41. The van der Waals surface area contributed by atoms with Gasteiger partial charge in [0.2, 0.25) is 0 Å². The van der Waals surface area contributed by atoms with Gasteiger partial charge in [-0.3, -0.25) is 9.05 Å². The van der Waals surface area contributed by atoms with Gasteiger partial charge in [0.25, 0.3) is 0 Å². The maximum atomic E-state index is 11.7. The number of nitrogens with zero attached hydrogens (tertiary/aromatic N) is 1. The van der Waals surface area contributed by atoms with E-state index in [1.54, 1.807) is 6.20 Å². The molecule has 1 atom stereocenters. The van der Waals surface area contributed by atoms with Gasteiger partial charge < -0.3 is 14.4 Å². The SMILES string of the molecule is CCCCCCCCCCCCOCCOCCOP(=O)(O)OCCc1nccs1. The van der Waals surface area contributed by atoms with Crippen LogP contribution in [0.5, 0.6) is 0 Å². The Kier molecular flexibility index (Phi) is 17.9. The minimum atomic E-state index is -4.04. The summed E-state index contributed by atoms with van der Waals surface area (Å²) in [6.07, 6.45) is 15.3. The van der Waals surface area contributed by atoms with Crippen molar-refractivity contribution in [3.05, 3.63) is 16.6 Å². The number of phosphoric acid groups is 1. The molecule has 0 aliphatic carbocycles. The average Bonchev–Trinajstić information content (AvgIpc) is 3.23. The molecule has 1 unspecified atom stereocenters. The zero-order valence-corrected chi connectivity index (χ0v) is 20.2. The molecule has 0 radical (unpaired) electrons. The van der Waals surface area contributed by atoms with E-state index in [2.05, 4.69) is 11.9 Å². The normalized spacial score (nSPS) is 13.5. The summed E-state index contributed by atoms with van der Waals surface area (Å²) < 4.78 is 32.4. The Morgan fingerprint density at radius 3 is 2.03 bits per heavy atom. The van der Waals surface area contributed by atoms with Crippen LogP contribution >= 0.6 is 19.2 Å². The molecule has 0 bridgehead atoms. The van der Waals surface area contributed by atoms with Gasteiger partial charge in [-0.1, -0.05) is 64.7 Å². The van der Waals surface area contributed by atoms with Gasteiger partial charge >= 0.3 is 7.82 Å². The first-order chi connectivity index (χ1) is 14.6. The van der Waals surface area contributed by atoms with Crippen LogP contribution in [-0.2, 0) is 29.5 Å². The Balaban J connectivity index is 1.78. The second-order valence-electron chi connectivity index (χ2n) is 7.22. The summed E-state index contributed by atoms with van der Waals surface area (Å²) in [5.41, 5.74) is 0. The molecular weight excluding hydrogens is 425 g/mol. The Bertz CT molecular complexity index is 532. The molecule has 30 heavy (non-hydrogen) atoms. The van der Waals surface area contributed by atoms with Crippen molar-refractivity contribution in [2.75, 3.05) is 39.6 Å². The molecule has 1 rings (SSSR count). The van der Waals surface area contributed by atoms with Crippen LogP contribution < -0.4 is 0 Å². The number of unbranched alkanes of at least 4 members (excludes halogenated alkanes) is 9. The summed E-state index contributed by atoms with van der Waals surface area (Å²) in [4.78, 5) is 13.7. The molecule has 0 saturated heterocycles. The van der Waals surface area contributed by atoms with Crippen molar-refractivity contribution in [2.45, 2.75) is 77.6 Å². The lowest BCUT2D eigenvalue weighted by atomic mass is 10.1. The predicted molar refractivity (Wildman–Crippen MR) is 121 cm³/mol. The highest BCUT2D eigenvalue weighted by Gasteiger charge is 2.20. The van der Waals surface area contributed by atoms with Gasteiger partial charge in [-0.15, -0.1) is 11.3 Å². The summed E-state index contributed by atoms with van der Waals surface area (Å²) in [7, 11) is -4.04. The van der Waals surface area contributed by atoms with Crippen molar-refractivity contribution in [1.29, 1.82) is 0 Å². The van der Waals surface area contributed by atoms with Gasteiger partial charge in [-0.2, -0.15) is 0 Å². The van der Waals surface area contributed by atoms with E-state index in [1.807, 2.05) is 5.38 Å². The molecule has 1 aromatic rings. The van der Waals surface area contributed by atoms with E-state index in [9.17, 15) is 9.46 Å². The summed E-state index contributed by atoms with van der Waals surface area (Å²) in [6, 6.07) is 0. The molecule has 176 valence electrons. The van der Waals surface area contributed by atoms with E-state index in [1.165, 1.54) is 69.1 Å². The molecule has 0 aromatic carbocycles. The number of phosphoric ester groups is 1. The highest BCUT2D eigenvalue weighted by atomic mass is 32.1. The molecule has 1 aromatic heterocycles. The molecule has 1 N–H and O–H groups in total. The highest BCUT2D eigenvalue weighted by molar-refractivity contribution is 7.47. The van der Waals surface area contributed by atoms with Crippen molar-refractivity contribution in [2.24, 2.45) is 0 Å². The lowest BCUT2D eigenvalue weighted by Gasteiger charge is -2.12. The molecule has 0 amide bonds. The van der Waals surface area contributed by atoms with Crippen molar-refractivity contribution in [3.63, 3.8) is 0 Å². The molecule has 0 fully saturated rings. The topological polar surface area (TPSA) is 87.1 Å². The summed E-state index contributed by atoms with van der Waals surface area (Å²) in [5.74, 6) is 0. The van der Waals surface area contributed by atoms with Gasteiger partial charge in [0, 0.05) is 24.6 Å². The number of ether oxygens (including phenoxy) is 2. The van der Waals surface area contributed by atoms with Crippen molar-refractivity contribution < 1.29 is 28.0 Å². The summed E-state index contributed by atoms with van der Waals surface area (Å²) in [6.45, 7) is 4.30. The number of thiazole rings is 1. The van der Waals surface area contributed by atoms with Crippen LogP contribution in [0.3, 0.4) is 0 Å². The largest absolute Gasteiger partial charge is 0.472 e. The van der Waals surface area contributed by atoms with E-state index in [4.69, 9.17) is 18.5 Å². The zero-order valence-electron chi connectivity index (χ0n) is 18.5. The van der Waals surface area contributed by atoms with Crippen molar-refractivity contribution >= 4 is 19.2 Å². The smallest absolute Gasteiger partial charge is 0.379 e. The van der Waals surface area contributed by atoms with Gasteiger partial charge in [-0.25, -0.2) is 9.55 Å². The molecule has 1 heterocycles. The van der Waals surface area contributed by atoms with Crippen molar-refractivity contribution in [3.8, 4) is 0 Å². The Morgan fingerprint density at radius 1 is 0.833 bits per heavy atom. The highest BCUT2D eigenvalue weighted by Crippen LogP contribution is 2.42. The number of hydrogen-bond donors (Lipinski definition) is 1. The molecule has 7 nitrogen and oxygen atoms in total. The molecule has 0 saturated carbocycles. The Morgan fingerprint density at radius 2 is 1.40 bits per heavy atom. The Labute approximate surface area is 186 Å². The van der Waals surface area contributed by atoms with Crippen LogP contribution in [0.1, 0.15) is 76.1 Å². The second kappa shape index (κ2) is 19.4. The van der Waals surface area contributed by atoms with Crippen LogP contribution in [0.4, 0.5) is 0 Å². The third kappa shape index (κ3) is 17.4. The number of rotatable bonds is 22. The number of aromatic nitrogens is 1. The molecular formula is C21H40NO6PS. The monoisotopic (exact) mass is 465 g/mol. The standard InChI is InChI=1S/C21H40NO6PS/c1-2-3-4-5-6-7-8-9-10-11-14-25-16-17-26-18-19-28-29(23,24)27-15-12-21-22-13-20-30-21/h13,20H,2-12,14-19H2,1H3,(H,23,24). The second-order valence-corrected chi connectivity index (χ2v) is 9.65. The van der Waals surface area contributed by atoms with E-state index in [0.717, 1.165) is 18.0 Å². The molecule has 0 aliphatic rings. The van der Waals surface area contributed by atoms with Gasteiger partial charge in [-0.05, 0) is 6.42 Å². The first-order valence-corrected chi connectivity index (χ1v) is 13.7. The number of hydrogen-bond acceptors (Lipinski definition) is 7. The average molecular weight is 466 g/mol. The zero-order chi connectivity index (χ0) is 21.8. The molecule has 9 heteroatoms. The lowest BCUT2D eigenvalue weighted by molar-refractivity contribution is 0.0291. The lowest BCUT2D eigenvalue weighted by Crippen LogP contribution is -2.10. The van der Waals surface area contributed by atoms with Crippen LogP contribution in [0, 0.1) is 0 Å². The maximum Gasteiger partial charge on any atom is 0.472 e.